The highest BCUT2D eigenvalue weighted by Crippen LogP contribution is 2.18. The fraction of sp³-hybridized carbons (Fsp3) is 0.370. The molecule has 2 rings (SSSR count). The predicted octanol–water partition coefficient (Wildman–Crippen LogP) is 6.12. The molecule has 0 radical (unpaired) electrons. The van der Waals surface area contributed by atoms with Gasteiger partial charge in [0.15, 0.2) is 17.3 Å². The number of carbonyl (C=O) groups is 3. The molecule has 1 aliphatic rings. The Labute approximate surface area is 185 Å². The Morgan fingerprint density at radius 2 is 1.74 bits per heavy atom. The predicted molar refractivity (Wildman–Crippen MR) is 124 cm³/mol. The quantitative estimate of drug-likeness (QED) is 0.260. The molecule has 0 N–H and O–H groups in total. The van der Waals surface area contributed by atoms with Crippen molar-refractivity contribution in [1.82, 2.24) is 0 Å². The number of allylic oxidation sites excluding steroid dienone is 10. The molecule has 31 heavy (non-hydrogen) atoms. The van der Waals surface area contributed by atoms with Crippen LogP contribution < -0.4 is 0 Å². The van der Waals surface area contributed by atoms with Gasteiger partial charge in [0.05, 0.1) is 6.26 Å². The molecule has 0 spiro atoms. The molecular weight excluding hydrogens is 388 g/mol. The SMILES string of the molecule is CC1=CC(=O)C=C(C/C=C(\C)CC(=O)/C=C(/C)CC/C=C(\C)Cc2cc(C)co2)C1=O. The Morgan fingerprint density at radius 3 is 2.42 bits per heavy atom. The maximum atomic E-state index is 12.3. The molecule has 1 aromatic heterocycles. The van der Waals surface area contributed by atoms with Crippen molar-refractivity contribution in [2.45, 2.75) is 66.7 Å². The lowest BCUT2D eigenvalue weighted by molar-refractivity contribution is -0.115. The fourth-order valence-corrected chi connectivity index (χ4v) is 3.47. The summed E-state index contributed by atoms with van der Waals surface area (Å²) in [6, 6.07) is 2.05. The van der Waals surface area contributed by atoms with Gasteiger partial charge in [0.1, 0.15) is 5.76 Å². The van der Waals surface area contributed by atoms with Gasteiger partial charge in [-0.25, -0.2) is 0 Å². The van der Waals surface area contributed by atoms with Gasteiger partial charge in [-0.3, -0.25) is 14.4 Å². The van der Waals surface area contributed by atoms with Crippen molar-refractivity contribution < 1.29 is 18.8 Å². The van der Waals surface area contributed by atoms with E-state index in [0.29, 0.717) is 24.0 Å². The van der Waals surface area contributed by atoms with E-state index in [1.165, 1.54) is 17.7 Å². The molecular formula is C27H32O4. The molecule has 0 atom stereocenters. The van der Waals surface area contributed by atoms with Gasteiger partial charge >= 0.3 is 0 Å². The van der Waals surface area contributed by atoms with Crippen molar-refractivity contribution in [3.05, 3.63) is 81.9 Å². The van der Waals surface area contributed by atoms with Crippen molar-refractivity contribution in [3.8, 4) is 0 Å². The Kier molecular flexibility index (Phi) is 8.92. The summed E-state index contributed by atoms with van der Waals surface area (Å²) in [7, 11) is 0. The van der Waals surface area contributed by atoms with Gasteiger partial charge in [-0.15, -0.1) is 0 Å². The number of hydrogen-bond donors (Lipinski definition) is 0. The number of Topliss-reactive ketones (excluding diaryl/α,β-unsaturated/α-hetero) is 1. The summed E-state index contributed by atoms with van der Waals surface area (Å²) in [5, 5.41) is 0. The number of hydrogen-bond acceptors (Lipinski definition) is 4. The maximum Gasteiger partial charge on any atom is 0.185 e. The Morgan fingerprint density at radius 1 is 1.00 bits per heavy atom. The Hall–Kier alpha value is -3.01. The summed E-state index contributed by atoms with van der Waals surface area (Å²) in [6.07, 6.45) is 13.5. The molecule has 164 valence electrons. The van der Waals surface area contributed by atoms with Gasteiger partial charge in [-0.05, 0) is 83.7 Å². The molecule has 0 saturated heterocycles. The molecule has 1 heterocycles. The van der Waals surface area contributed by atoms with Gasteiger partial charge in [-0.1, -0.05) is 28.9 Å². The molecule has 0 aliphatic heterocycles. The minimum absolute atomic E-state index is 0.0501. The van der Waals surface area contributed by atoms with Crippen LogP contribution in [0.15, 0.2) is 75.0 Å². The van der Waals surface area contributed by atoms with E-state index in [-0.39, 0.29) is 17.3 Å². The van der Waals surface area contributed by atoms with Crippen LogP contribution in [-0.4, -0.2) is 17.3 Å². The monoisotopic (exact) mass is 420 g/mol. The summed E-state index contributed by atoms with van der Waals surface area (Å²) in [6.45, 7) is 9.60. The number of rotatable bonds is 10. The molecule has 1 aliphatic carbocycles. The molecule has 0 amide bonds. The third-order valence-electron chi connectivity index (χ3n) is 5.13. The number of furan rings is 1. The first kappa shape index (κ1) is 24.3. The van der Waals surface area contributed by atoms with Crippen LogP contribution in [-0.2, 0) is 20.8 Å². The highest BCUT2D eigenvalue weighted by atomic mass is 16.3. The summed E-state index contributed by atoms with van der Waals surface area (Å²) in [5.41, 5.74) is 5.27. The van der Waals surface area contributed by atoms with Crippen molar-refractivity contribution >= 4 is 17.3 Å². The largest absolute Gasteiger partial charge is 0.469 e. The third kappa shape index (κ3) is 8.33. The highest BCUT2D eigenvalue weighted by Gasteiger charge is 2.17. The first-order chi connectivity index (χ1) is 14.6. The van der Waals surface area contributed by atoms with E-state index >= 15 is 0 Å². The van der Waals surface area contributed by atoms with E-state index in [2.05, 4.69) is 13.0 Å². The van der Waals surface area contributed by atoms with Crippen LogP contribution in [0.5, 0.6) is 0 Å². The smallest absolute Gasteiger partial charge is 0.185 e. The van der Waals surface area contributed by atoms with Crippen LogP contribution >= 0.6 is 0 Å². The number of carbonyl (C=O) groups excluding carboxylic acids is 3. The average molecular weight is 421 g/mol. The lowest BCUT2D eigenvalue weighted by Crippen LogP contribution is -2.12. The summed E-state index contributed by atoms with van der Waals surface area (Å²) in [5.74, 6) is 0.763. The molecule has 0 aromatic carbocycles. The maximum absolute atomic E-state index is 12.3. The van der Waals surface area contributed by atoms with E-state index in [0.717, 1.165) is 41.7 Å². The fourth-order valence-electron chi connectivity index (χ4n) is 3.47. The second kappa shape index (κ2) is 11.4. The second-order valence-electron chi connectivity index (χ2n) is 8.47. The van der Waals surface area contributed by atoms with E-state index < -0.39 is 0 Å². The van der Waals surface area contributed by atoms with E-state index in [4.69, 9.17) is 4.42 Å². The molecule has 1 aromatic rings. The lowest BCUT2D eigenvalue weighted by atomic mass is 9.94. The first-order valence-electron chi connectivity index (χ1n) is 10.7. The highest BCUT2D eigenvalue weighted by molar-refractivity contribution is 6.20. The van der Waals surface area contributed by atoms with Gasteiger partial charge in [0.25, 0.3) is 0 Å². The minimum Gasteiger partial charge on any atom is -0.469 e. The molecule has 0 bridgehead atoms. The van der Waals surface area contributed by atoms with Crippen molar-refractivity contribution in [1.29, 1.82) is 0 Å². The molecule has 0 saturated carbocycles. The van der Waals surface area contributed by atoms with Crippen LogP contribution in [0.4, 0.5) is 0 Å². The minimum atomic E-state index is -0.156. The second-order valence-corrected chi connectivity index (χ2v) is 8.47. The van der Waals surface area contributed by atoms with Crippen LogP contribution in [0.1, 0.15) is 64.7 Å². The summed E-state index contributed by atoms with van der Waals surface area (Å²) < 4.78 is 5.48. The lowest BCUT2D eigenvalue weighted by Gasteiger charge is -2.09. The molecule has 0 unspecified atom stereocenters. The molecule has 0 fully saturated rings. The van der Waals surface area contributed by atoms with Gasteiger partial charge in [0.2, 0.25) is 0 Å². The van der Waals surface area contributed by atoms with Crippen molar-refractivity contribution in [2.75, 3.05) is 0 Å². The average Bonchev–Trinajstić information content (AvgIpc) is 3.07. The van der Waals surface area contributed by atoms with Crippen LogP contribution in [0.3, 0.4) is 0 Å². The van der Waals surface area contributed by atoms with Crippen molar-refractivity contribution in [3.63, 3.8) is 0 Å². The van der Waals surface area contributed by atoms with E-state index in [1.807, 2.05) is 32.9 Å². The van der Waals surface area contributed by atoms with Crippen LogP contribution in [0, 0.1) is 6.92 Å². The van der Waals surface area contributed by atoms with Crippen molar-refractivity contribution in [2.24, 2.45) is 0 Å². The van der Waals surface area contributed by atoms with E-state index in [1.54, 1.807) is 19.3 Å². The van der Waals surface area contributed by atoms with Gasteiger partial charge < -0.3 is 4.42 Å². The zero-order valence-electron chi connectivity index (χ0n) is 19.2. The van der Waals surface area contributed by atoms with Crippen LogP contribution in [0.25, 0.3) is 0 Å². The zero-order chi connectivity index (χ0) is 23.0. The van der Waals surface area contributed by atoms with Gasteiger partial charge in [-0.2, -0.15) is 0 Å². The first-order valence-corrected chi connectivity index (χ1v) is 10.7. The standard InChI is InChI=1S/C27H32O4/c1-18(7-6-8-19(2)13-26-14-21(4)17-31-26)11-24(28)12-20(3)9-10-23-16-25(29)15-22(5)27(23)30/h8-9,11,14-17H,6-7,10,12-13H2,1-5H3/b18-11-,19-8+,20-9+. The van der Waals surface area contributed by atoms with Gasteiger partial charge in [0, 0.05) is 24.0 Å². The Bertz CT molecular complexity index is 1010. The molecule has 4 heteroatoms. The number of ketones is 3. The Balaban J connectivity index is 1.80. The van der Waals surface area contributed by atoms with E-state index in [9.17, 15) is 14.4 Å². The normalized spacial score (nSPS) is 15.8. The topological polar surface area (TPSA) is 64.3 Å². The zero-order valence-corrected chi connectivity index (χ0v) is 19.2. The van der Waals surface area contributed by atoms with Crippen LogP contribution in [0.2, 0.25) is 0 Å². The summed E-state index contributed by atoms with van der Waals surface area (Å²) >= 11 is 0. The third-order valence-corrected chi connectivity index (χ3v) is 5.13. The molecule has 4 nitrogen and oxygen atoms in total. The summed E-state index contributed by atoms with van der Waals surface area (Å²) in [4.78, 5) is 36.0. The number of aryl methyl sites for hydroxylation is 1.